The van der Waals surface area contributed by atoms with Crippen LogP contribution in [0.15, 0.2) is 528 Å². The van der Waals surface area contributed by atoms with E-state index in [2.05, 4.69) is 579 Å². The van der Waals surface area contributed by atoms with Gasteiger partial charge in [-0.25, -0.2) is 0 Å². The van der Waals surface area contributed by atoms with Crippen molar-refractivity contribution in [3.05, 3.63) is 628 Å². The van der Waals surface area contributed by atoms with E-state index in [4.69, 9.17) is 0 Å². The zero-order valence-corrected chi connectivity index (χ0v) is 82.0. The SMILES string of the molecule is C(=C\c1ccc2c(ccc3cc(N(c4ccccc4)c4ccccc4)ccc32)c1)/c1ccc2c(c1)C1(c3ccccc3-c3ccccc31)c1c-2c2c(c3c1-c1ccc(/C=C/c4ccc5c(ccc6cc(N(c7ccccc7)c7ccccc7)ccc65)c4)cc1C31c3ccccc3-c3ccccc31)-c1ccc(/C=C/c3ccc4c(ccc5cc(N(c6ccccc6)c6ccccc6)ccc54)c3)cc1C21c2ccccc2-c2ccccc21. The summed E-state index contributed by atoms with van der Waals surface area (Å²) in [4.78, 5) is 7.04. The van der Waals surface area contributed by atoms with Crippen LogP contribution in [0.5, 0.6) is 0 Å². The molecule has 3 spiro atoms. The van der Waals surface area contributed by atoms with Gasteiger partial charge in [-0.15, -0.1) is 0 Å². The van der Waals surface area contributed by atoms with Gasteiger partial charge in [-0.1, -0.05) is 419 Å². The molecule has 25 aromatic rings. The van der Waals surface area contributed by atoms with Gasteiger partial charge in [0.25, 0.3) is 0 Å². The smallest absolute Gasteiger partial charge is 0.0731 e. The van der Waals surface area contributed by atoms with Crippen molar-refractivity contribution in [1.82, 2.24) is 0 Å². The lowest BCUT2D eigenvalue weighted by molar-refractivity contribution is 0.764. The van der Waals surface area contributed by atoms with Crippen LogP contribution in [0.2, 0.25) is 0 Å². The summed E-state index contributed by atoms with van der Waals surface area (Å²) in [6.45, 7) is 0. The van der Waals surface area contributed by atoms with Crippen LogP contribution in [0.4, 0.5) is 51.2 Å². The van der Waals surface area contributed by atoms with E-state index in [-0.39, 0.29) is 0 Å². The highest BCUT2D eigenvalue weighted by Crippen LogP contribution is 2.77. The van der Waals surface area contributed by atoms with Crippen molar-refractivity contribution in [1.29, 1.82) is 0 Å². The average molecular weight is 1900 g/mol. The molecular formula is C147H93N3. The van der Waals surface area contributed by atoms with Gasteiger partial charge in [0.15, 0.2) is 0 Å². The fourth-order valence-electron chi connectivity index (χ4n) is 27.4. The van der Waals surface area contributed by atoms with Crippen LogP contribution in [0.1, 0.15) is 100 Å². The third kappa shape index (κ3) is 12.5. The number of benzene rings is 25. The van der Waals surface area contributed by atoms with E-state index in [0.29, 0.717) is 0 Å². The second-order valence-corrected chi connectivity index (χ2v) is 41.1. The van der Waals surface area contributed by atoms with E-state index in [1.165, 1.54) is 198 Å². The highest BCUT2D eigenvalue weighted by molar-refractivity contribution is 6.17. The molecule has 0 unspecified atom stereocenters. The molecule has 0 fully saturated rings. The molecule has 6 aliphatic carbocycles. The van der Waals surface area contributed by atoms with Gasteiger partial charge in [0.05, 0.1) is 16.2 Å². The molecule has 3 nitrogen and oxygen atoms in total. The Labute approximate surface area is 871 Å². The summed E-state index contributed by atoms with van der Waals surface area (Å²) < 4.78 is 0. The molecule has 3 heteroatoms. The van der Waals surface area contributed by atoms with E-state index in [1.54, 1.807) is 0 Å². The van der Waals surface area contributed by atoms with Gasteiger partial charge in [-0.2, -0.15) is 0 Å². The molecule has 0 saturated heterocycles. The van der Waals surface area contributed by atoms with Gasteiger partial charge in [0.2, 0.25) is 0 Å². The first-order valence-corrected chi connectivity index (χ1v) is 52.3. The third-order valence-electron chi connectivity index (χ3n) is 33.4. The molecule has 150 heavy (non-hydrogen) atoms. The van der Waals surface area contributed by atoms with Crippen LogP contribution in [-0.2, 0) is 16.2 Å². The quantitative estimate of drug-likeness (QED) is 0.0748. The van der Waals surface area contributed by atoms with Gasteiger partial charge < -0.3 is 14.7 Å². The van der Waals surface area contributed by atoms with Gasteiger partial charge in [-0.3, -0.25) is 0 Å². The van der Waals surface area contributed by atoms with Crippen molar-refractivity contribution in [3.63, 3.8) is 0 Å². The Kier molecular flexibility index (Phi) is 18.9. The van der Waals surface area contributed by atoms with Crippen LogP contribution in [0, 0.1) is 0 Å². The highest BCUT2D eigenvalue weighted by Gasteiger charge is 2.65. The topological polar surface area (TPSA) is 9.72 Å². The fraction of sp³-hybridized carbons (Fsp3) is 0.0204. The van der Waals surface area contributed by atoms with Crippen molar-refractivity contribution < 1.29 is 0 Å². The summed E-state index contributed by atoms with van der Waals surface area (Å²) in [6.07, 6.45) is 14.2. The summed E-state index contributed by atoms with van der Waals surface area (Å²) in [5, 5.41) is 14.5. The molecule has 0 heterocycles. The summed E-state index contributed by atoms with van der Waals surface area (Å²) >= 11 is 0. The Morgan fingerprint density at radius 1 is 0.127 bits per heavy atom. The normalized spacial score (nSPS) is 13.7. The molecule has 31 rings (SSSR count). The van der Waals surface area contributed by atoms with Crippen molar-refractivity contribution in [2.45, 2.75) is 16.2 Å². The molecule has 6 aliphatic rings. The summed E-state index contributed by atoms with van der Waals surface area (Å²) in [6, 6.07) is 200. The van der Waals surface area contributed by atoms with Crippen molar-refractivity contribution in [2.24, 2.45) is 0 Å². The molecular weight excluding hydrogens is 1810 g/mol. The number of para-hydroxylation sites is 6. The number of fused-ring (bicyclic) bond motifs is 42. The molecule has 0 atom stereocenters. The minimum Gasteiger partial charge on any atom is -0.310 e. The van der Waals surface area contributed by atoms with Crippen LogP contribution in [0.25, 0.3) is 168 Å². The summed E-state index contributed by atoms with van der Waals surface area (Å²) in [7, 11) is 0. The number of anilines is 9. The summed E-state index contributed by atoms with van der Waals surface area (Å²) in [5.41, 5.74) is 45.2. The van der Waals surface area contributed by atoms with Gasteiger partial charge in [-0.05, 0) is 377 Å². The third-order valence-corrected chi connectivity index (χ3v) is 33.4. The van der Waals surface area contributed by atoms with Crippen molar-refractivity contribution in [2.75, 3.05) is 14.7 Å². The standard InChI is InChI=1S/C147H93N3/c1-7-31-106(32-8-1)148(107-33-9-2-10-34-107)112-73-82-118-103(91-112)70-67-100-85-94(61-76-115(100)118)55-58-97-64-79-127-136(88-97)145(130-49-25-19-43-121(130)122-44-20-26-50-131(122)145)142-139(127)143-141(129-81-66-99(90-138(129)146(143)132-51-27-21-45-123(132)124-46-22-28-52-133(124)146)60-57-96-63-78-117-102(87-96)69-72-105-93-114(75-84-120(105)117)150(110-39-15-5-16-40-110)111-41-17-6-18-42-111)144-140(142)128-80-65-98(89-137(128)147(144)134-53-29-23-47-125(134)126-48-24-30-54-135(126)147)59-56-95-62-77-116-101(86-95)68-71-104-92-113(74-83-119(104)116)149(108-35-11-3-12-36-108)109-37-13-4-14-38-109/h1-93H/b58-55+,59-56+,60-57+. The number of hydrogen-bond acceptors (Lipinski definition) is 3. The molecule has 0 N–H and O–H groups in total. The second-order valence-electron chi connectivity index (χ2n) is 41.1. The monoisotopic (exact) mass is 1900 g/mol. The first kappa shape index (κ1) is 85.1. The van der Waals surface area contributed by atoms with E-state index in [9.17, 15) is 0 Å². The van der Waals surface area contributed by atoms with E-state index >= 15 is 0 Å². The minimum absolute atomic E-state index is 0.875. The minimum atomic E-state index is -0.875. The Morgan fingerprint density at radius 3 is 0.527 bits per heavy atom. The fourth-order valence-corrected chi connectivity index (χ4v) is 27.4. The second kappa shape index (κ2) is 33.4. The molecule has 696 valence electrons. The zero-order chi connectivity index (χ0) is 98.4. The molecule has 0 bridgehead atoms. The molecule has 0 saturated carbocycles. The van der Waals surface area contributed by atoms with E-state index in [0.717, 1.165) is 84.6 Å². The number of rotatable bonds is 15. The molecule has 25 aromatic carbocycles. The van der Waals surface area contributed by atoms with Gasteiger partial charge in [0, 0.05) is 51.2 Å². The van der Waals surface area contributed by atoms with E-state index in [1.807, 2.05) is 0 Å². The van der Waals surface area contributed by atoms with Gasteiger partial charge >= 0.3 is 0 Å². The van der Waals surface area contributed by atoms with Crippen LogP contribution < -0.4 is 14.7 Å². The average Bonchev–Trinajstić information content (AvgIpc) is 1.45. The predicted molar refractivity (Wildman–Crippen MR) is 631 cm³/mol. The first-order chi connectivity index (χ1) is 74.4. The Morgan fingerprint density at radius 2 is 0.307 bits per heavy atom. The maximum absolute atomic E-state index is 2.62. The highest BCUT2D eigenvalue weighted by atomic mass is 15.2. The summed E-state index contributed by atoms with van der Waals surface area (Å²) in [5.74, 6) is 0. The lowest BCUT2D eigenvalue weighted by Gasteiger charge is -2.37. The lowest BCUT2D eigenvalue weighted by Crippen LogP contribution is -2.31. The predicted octanol–water partition coefficient (Wildman–Crippen LogP) is 38.6. The Hall–Kier alpha value is -19.3. The molecule has 0 aromatic heterocycles. The van der Waals surface area contributed by atoms with Crippen LogP contribution >= 0.6 is 0 Å². The first-order valence-electron chi connectivity index (χ1n) is 52.3. The molecule has 0 aliphatic heterocycles. The van der Waals surface area contributed by atoms with Crippen molar-refractivity contribution in [3.8, 4) is 66.8 Å². The van der Waals surface area contributed by atoms with Crippen LogP contribution in [0.3, 0.4) is 0 Å². The largest absolute Gasteiger partial charge is 0.310 e. The zero-order valence-electron chi connectivity index (χ0n) is 82.0. The number of hydrogen-bond donors (Lipinski definition) is 0. The van der Waals surface area contributed by atoms with Crippen LogP contribution in [-0.4, -0.2) is 0 Å². The lowest BCUT2D eigenvalue weighted by atomic mass is 9.63. The molecule has 0 radical (unpaired) electrons. The van der Waals surface area contributed by atoms with E-state index < -0.39 is 16.2 Å². The maximum atomic E-state index is 2.62. The Bertz CT molecular complexity index is 8900. The Balaban J connectivity index is 0.614. The molecule has 0 amide bonds. The number of nitrogens with zero attached hydrogens (tertiary/aromatic N) is 3. The van der Waals surface area contributed by atoms with Crippen molar-refractivity contribution >= 4 is 152 Å². The maximum Gasteiger partial charge on any atom is 0.0731 e. The van der Waals surface area contributed by atoms with Gasteiger partial charge in [0.1, 0.15) is 0 Å².